The van der Waals surface area contributed by atoms with Crippen LogP contribution in [-0.4, -0.2) is 5.91 Å². The van der Waals surface area contributed by atoms with Gasteiger partial charge in [0.1, 0.15) is 0 Å². The third-order valence-electron chi connectivity index (χ3n) is 3.58. The van der Waals surface area contributed by atoms with E-state index in [2.05, 4.69) is 27.9 Å². The van der Waals surface area contributed by atoms with E-state index in [9.17, 15) is 4.79 Å². The number of halogens is 1. The number of anilines is 1. The fourth-order valence-corrected chi connectivity index (χ4v) is 2.57. The van der Waals surface area contributed by atoms with E-state index in [4.69, 9.17) is 5.73 Å². The maximum atomic E-state index is 12.3. The van der Waals surface area contributed by atoms with Crippen molar-refractivity contribution in [3.63, 3.8) is 0 Å². The monoisotopic (exact) mass is 394 g/mol. The molecule has 3 N–H and O–H groups in total. The summed E-state index contributed by atoms with van der Waals surface area (Å²) in [7, 11) is 0. The van der Waals surface area contributed by atoms with Crippen LogP contribution in [0.5, 0.6) is 0 Å². The summed E-state index contributed by atoms with van der Waals surface area (Å²) >= 11 is 2.26. The summed E-state index contributed by atoms with van der Waals surface area (Å²) in [6.07, 6.45) is 0. The Morgan fingerprint density at radius 2 is 1.86 bits per heavy atom. The largest absolute Gasteiger partial charge is 0.326 e. The third-order valence-corrected chi connectivity index (χ3v) is 4.74. The van der Waals surface area contributed by atoms with E-state index in [-0.39, 0.29) is 17.9 Å². The van der Waals surface area contributed by atoms with E-state index >= 15 is 0 Å². The zero-order valence-corrected chi connectivity index (χ0v) is 14.3. The average Bonchev–Trinajstić information content (AvgIpc) is 2.50. The summed E-state index contributed by atoms with van der Waals surface area (Å²) in [5.41, 5.74) is 9.16. The van der Waals surface area contributed by atoms with Gasteiger partial charge in [-0.15, -0.1) is 0 Å². The van der Waals surface area contributed by atoms with E-state index in [1.807, 2.05) is 62.4 Å². The minimum absolute atomic E-state index is 0.0639. The van der Waals surface area contributed by atoms with E-state index in [1.54, 1.807) is 0 Å². The molecule has 0 aromatic heterocycles. The second-order valence-corrected chi connectivity index (χ2v) is 6.34. The number of carbonyl (C=O) groups is 1. The Morgan fingerprint density at radius 3 is 2.48 bits per heavy atom. The van der Waals surface area contributed by atoms with Crippen LogP contribution in [0.15, 0.2) is 48.5 Å². The molecule has 0 aliphatic rings. The molecular weight excluding hydrogens is 375 g/mol. The quantitative estimate of drug-likeness (QED) is 0.774. The number of hydrogen-bond donors (Lipinski definition) is 2. The van der Waals surface area contributed by atoms with Crippen molar-refractivity contribution in [1.82, 2.24) is 0 Å². The molecule has 2 rings (SSSR count). The van der Waals surface area contributed by atoms with Crippen LogP contribution in [0, 0.1) is 16.4 Å². The first-order chi connectivity index (χ1) is 9.99. The minimum Gasteiger partial charge on any atom is -0.326 e. The zero-order valence-electron chi connectivity index (χ0n) is 12.1. The van der Waals surface area contributed by atoms with E-state index in [1.165, 1.54) is 5.56 Å². The van der Waals surface area contributed by atoms with Crippen molar-refractivity contribution in [2.45, 2.75) is 19.9 Å². The number of nitrogens with two attached hydrogens (primary N) is 1. The number of nitrogens with one attached hydrogen (secondary N) is 1. The molecule has 110 valence electrons. The topological polar surface area (TPSA) is 55.1 Å². The highest BCUT2D eigenvalue weighted by molar-refractivity contribution is 14.1. The Labute approximate surface area is 139 Å². The summed E-state index contributed by atoms with van der Waals surface area (Å²) in [6, 6.07) is 15.3. The molecule has 0 radical (unpaired) electrons. The molecule has 2 aromatic rings. The molecule has 4 heteroatoms. The highest BCUT2D eigenvalue weighted by Crippen LogP contribution is 2.22. The molecular formula is C17H19IN2O. The predicted molar refractivity (Wildman–Crippen MR) is 95.1 cm³/mol. The van der Waals surface area contributed by atoms with Crippen molar-refractivity contribution in [3.8, 4) is 0 Å². The van der Waals surface area contributed by atoms with Crippen LogP contribution >= 0.6 is 22.6 Å². The molecule has 2 atom stereocenters. The summed E-state index contributed by atoms with van der Waals surface area (Å²) < 4.78 is 1.13. The van der Waals surface area contributed by atoms with Crippen LogP contribution in [0.25, 0.3) is 0 Å². The van der Waals surface area contributed by atoms with Crippen molar-refractivity contribution in [2.75, 3.05) is 5.32 Å². The Morgan fingerprint density at radius 1 is 1.19 bits per heavy atom. The molecule has 2 unspecified atom stereocenters. The lowest BCUT2D eigenvalue weighted by Gasteiger charge is -2.20. The van der Waals surface area contributed by atoms with Gasteiger partial charge in [-0.3, -0.25) is 4.79 Å². The zero-order chi connectivity index (χ0) is 15.4. The van der Waals surface area contributed by atoms with Crippen molar-refractivity contribution >= 4 is 34.2 Å². The summed E-state index contributed by atoms with van der Waals surface area (Å²) in [6.45, 7) is 3.90. The standard InChI is InChI=1S/C17H19IN2O/c1-11-8-9-14(10-15(11)18)20-17(21)12(2)16(19)13-6-4-3-5-7-13/h3-10,12,16H,19H2,1-2H3,(H,20,21). The molecule has 1 amide bonds. The lowest BCUT2D eigenvalue weighted by atomic mass is 9.94. The van der Waals surface area contributed by atoms with Gasteiger partial charge in [0.15, 0.2) is 0 Å². The lowest BCUT2D eigenvalue weighted by molar-refractivity contribution is -0.120. The molecule has 0 heterocycles. The second-order valence-electron chi connectivity index (χ2n) is 5.18. The van der Waals surface area contributed by atoms with Crippen molar-refractivity contribution in [3.05, 3.63) is 63.2 Å². The molecule has 0 saturated heterocycles. The molecule has 0 fully saturated rings. The number of benzene rings is 2. The van der Waals surface area contributed by atoms with Crippen LogP contribution in [0.1, 0.15) is 24.1 Å². The number of hydrogen-bond acceptors (Lipinski definition) is 2. The van der Waals surface area contributed by atoms with E-state index < -0.39 is 0 Å². The molecule has 21 heavy (non-hydrogen) atoms. The molecule has 0 spiro atoms. The van der Waals surface area contributed by atoms with Crippen LogP contribution in [0.3, 0.4) is 0 Å². The number of amides is 1. The molecule has 0 bridgehead atoms. The molecule has 0 saturated carbocycles. The second kappa shape index (κ2) is 7.04. The maximum absolute atomic E-state index is 12.3. The van der Waals surface area contributed by atoms with Gasteiger partial charge in [0.05, 0.1) is 5.92 Å². The number of aryl methyl sites for hydroxylation is 1. The van der Waals surface area contributed by atoms with Gasteiger partial charge in [-0.2, -0.15) is 0 Å². The highest BCUT2D eigenvalue weighted by atomic mass is 127. The van der Waals surface area contributed by atoms with Crippen molar-refractivity contribution in [2.24, 2.45) is 11.7 Å². The van der Waals surface area contributed by atoms with Gasteiger partial charge >= 0.3 is 0 Å². The Balaban J connectivity index is 2.07. The first kappa shape index (κ1) is 16.0. The third kappa shape index (κ3) is 4.04. The van der Waals surface area contributed by atoms with Gasteiger partial charge in [-0.1, -0.05) is 43.3 Å². The van der Waals surface area contributed by atoms with E-state index in [0.29, 0.717) is 0 Å². The smallest absolute Gasteiger partial charge is 0.229 e. The van der Waals surface area contributed by atoms with Gasteiger partial charge in [0.25, 0.3) is 0 Å². The lowest BCUT2D eigenvalue weighted by Crippen LogP contribution is -2.30. The van der Waals surface area contributed by atoms with Gasteiger partial charge in [0, 0.05) is 15.3 Å². The van der Waals surface area contributed by atoms with Crippen LogP contribution in [0.4, 0.5) is 5.69 Å². The molecule has 0 aliphatic heterocycles. The van der Waals surface area contributed by atoms with Gasteiger partial charge < -0.3 is 11.1 Å². The van der Waals surface area contributed by atoms with Crippen LogP contribution < -0.4 is 11.1 Å². The fourth-order valence-electron chi connectivity index (χ4n) is 2.05. The maximum Gasteiger partial charge on any atom is 0.229 e. The van der Waals surface area contributed by atoms with Crippen LogP contribution in [-0.2, 0) is 4.79 Å². The highest BCUT2D eigenvalue weighted by Gasteiger charge is 2.22. The Kier molecular flexibility index (Phi) is 5.36. The summed E-state index contributed by atoms with van der Waals surface area (Å²) in [5.74, 6) is -0.364. The summed E-state index contributed by atoms with van der Waals surface area (Å²) in [5, 5.41) is 2.94. The fraction of sp³-hybridized carbons (Fsp3) is 0.235. The number of rotatable bonds is 4. The van der Waals surface area contributed by atoms with Gasteiger partial charge in [-0.05, 0) is 52.8 Å². The average molecular weight is 394 g/mol. The van der Waals surface area contributed by atoms with Crippen molar-refractivity contribution in [1.29, 1.82) is 0 Å². The molecule has 2 aromatic carbocycles. The normalized spacial score (nSPS) is 13.5. The predicted octanol–water partition coefficient (Wildman–Crippen LogP) is 3.87. The van der Waals surface area contributed by atoms with E-state index in [0.717, 1.165) is 14.8 Å². The Bertz CT molecular complexity index is 628. The van der Waals surface area contributed by atoms with Crippen LogP contribution in [0.2, 0.25) is 0 Å². The summed E-state index contributed by atoms with van der Waals surface area (Å²) in [4.78, 5) is 12.3. The van der Waals surface area contributed by atoms with Crippen molar-refractivity contribution < 1.29 is 4.79 Å². The molecule has 3 nitrogen and oxygen atoms in total. The Hall–Kier alpha value is -1.40. The van der Waals surface area contributed by atoms with Gasteiger partial charge in [0.2, 0.25) is 5.91 Å². The SMILES string of the molecule is Cc1ccc(NC(=O)C(C)C(N)c2ccccc2)cc1I. The first-order valence-electron chi connectivity index (χ1n) is 6.86. The number of carbonyl (C=O) groups excluding carboxylic acids is 1. The minimum atomic E-state index is -0.310. The molecule has 0 aliphatic carbocycles. The first-order valence-corrected chi connectivity index (χ1v) is 7.94. The van der Waals surface area contributed by atoms with Gasteiger partial charge in [-0.25, -0.2) is 0 Å².